The summed E-state index contributed by atoms with van der Waals surface area (Å²) in [6, 6.07) is 5.09. The van der Waals surface area contributed by atoms with Crippen molar-refractivity contribution in [3.05, 3.63) is 23.8 Å². The van der Waals surface area contributed by atoms with Crippen LogP contribution in [0.15, 0.2) is 18.2 Å². The monoisotopic (exact) mass is 427 g/mol. The Bertz CT molecular complexity index is 568. The molecular weight excluding hydrogens is 386 g/mol. The fourth-order valence-corrected chi connectivity index (χ4v) is 2.15. The second kappa shape index (κ2) is 21.4. The van der Waals surface area contributed by atoms with E-state index >= 15 is 0 Å². The molecule has 1 aromatic carbocycles. The molecule has 0 aliphatic heterocycles. The summed E-state index contributed by atoms with van der Waals surface area (Å²) in [6.45, 7) is 5.83. The van der Waals surface area contributed by atoms with Crippen molar-refractivity contribution in [2.45, 2.75) is 52.4 Å². The summed E-state index contributed by atoms with van der Waals surface area (Å²) in [7, 11) is 4.42. The first-order chi connectivity index (χ1) is 14.5. The highest BCUT2D eigenvalue weighted by Gasteiger charge is 2.10. The number of esters is 1. The van der Waals surface area contributed by atoms with Gasteiger partial charge in [-0.1, -0.05) is 26.7 Å². The first-order valence-corrected chi connectivity index (χ1v) is 10.5. The molecule has 174 valence electrons. The molecule has 30 heavy (non-hydrogen) atoms. The molecule has 0 aliphatic carbocycles. The van der Waals surface area contributed by atoms with E-state index in [-0.39, 0.29) is 11.9 Å². The average Bonchev–Trinajstić information content (AvgIpc) is 2.77. The summed E-state index contributed by atoms with van der Waals surface area (Å²) >= 11 is 0. The van der Waals surface area contributed by atoms with Gasteiger partial charge in [-0.25, -0.2) is 0 Å². The van der Waals surface area contributed by atoms with Crippen molar-refractivity contribution in [3.8, 4) is 11.5 Å². The number of hydrogen-bond donors (Lipinski definition) is 3. The highest BCUT2D eigenvalue weighted by atomic mass is 16.5. The second-order valence-corrected chi connectivity index (χ2v) is 6.24. The lowest BCUT2D eigenvalue weighted by molar-refractivity contribution is -0.140. The van der Waals surface area contributed by atoms with E-state index in [0.29, 0.717) is 43.2 Å². The molecule has 0 spiro atoms. The molecular formula is C22H41N3O5. The molecule has 0 atom stereocenters. The zero-order valence-electron chi connectivity index (χ0n) is 19.3. The number of methoxy groups -OCH3 is 2. The van der Waals surface area contributed by atoms with Crippen molar-refractivity contribution >= 4 is 11.9 Å². The Morgan fingerprint density at radius 3 is 2.17 bits per heavy atom. The lowest BCUT2D eigenvalue weighted by Gasteiger charge is -2.11. The highest BCUT2D eigenvalue weighted by molar-refractivity contribution is 5.95. The largest absolute Gasteiger partial charge is 0.497 e. The number of carbonyl (C=O) groups excluding carboxylic acids is 2. The SMILES string of the molecule is CCC.CN.COC(=O)CCCCCNC(=O)c1cc(OC)cc(OCCCN)c1. The lowest BCUT2D eigenvalue weighted by Crippen LogP contribution is -2.24. The number of ether oxygens (including phenoxy) is 3. The predicted octanol–water partition coefficient (Wildman–Crippen LogP) is 2.88. The maximum absolute atomic E-state index is 12.3. The van der Waals surface area contributed by atoms with E-state index in [4.69, 9.17) is 15.2 Å². The highest BCUT2D eigenvalue weighted by Crippen LogP contribution is 2.23. The third-order valence-corrected chi connectivity index (χ3v) is 3.57. The van der Waals surface area contributed by atoms with Gasteiger partial charge in [0.15, 0.2) is 0 Å². The van der Waals surface area contributed by atoms with Gasteiger partial charge in [-0.3, -0.25) is 9.59 Å². The molecule has 0 radical (unpaired) electrons. The molecule has 5 N–H and O–H groups in total. The van der Waals surface area contributed by atoms with E-state index in [1.807, 2.05) is 0 Å². The Balaban J connectivity index is 0. The average molecular weight is 428 g/mol. The summed E-state index contributed by atoms with van der Waals surface area (Å²) < 4.78 is 15.4. The molecule has 0 saturated carbocycles. The minimum Gasteiger partial charge on any atom is -0.497 e. The molecule has 0 bridgehead atoms. The Labute approximate surface area is 181 Å². The standard InChI is InChI=1S/C18H28N2O5.C3H8.CH5N/c1-23-15-11-14(12-16(13-15)25-10-6-8-19)18(22)20-9-5-3-4-7-17(21)24-2;1-3-2;1-2/h11-13H,3-10,19H2,1-2H3,(H,20,22);3H2,1-2H3;2H2,1H3. The van der Waals surface area contributed by atoms with Crippen LogP contribution in [0, 0.1) is 0 Å². The van der Waals surface area contributed by atoms with Crippen LogP contribution in [-0.4, -0.2) is 52.8 Å². The van der Waals surface area contributed by atoms with Crippen molar-refractivity contribution < 1.29 is 23.8 Å². The number of carbonyl (C=O) groups is 2. The summed E-state index contributed by atoms with van der Waals surface area (Å²) in [6.07, 6.45) is 4.79. The van der Waals surface area contributed by atoms with Crippen molar-refractivity contribution in [2.24, 2.45) is 11.5 Å². The third-order valence-electron chi connectivity index (χ3n) is 3.57. The Morgan fingerprint density at radius 1 is 0.967 bits per heavy atom. The van der Waals surface area contributed by atoms with Gasteiger partial charge in [0.05, 0.1) is 20.8 Å². The van der Waals surface area contributed by atoms with Crippen molar-refractivity contribution in [3.63, 3.8) is 0 Å². The first kappa shape index (κ1) is 29.9. The van der Waals surface area contributed by atoms with E-state index in [1.165, 1.54) is 20.6 Å². The van der Waals surface area contributed by atoms with Crippen LogP contribution in [0.4, 0.5) is 0 Å². The van der Waals surface area contributed by atoms with Crippen LogP contribution in [0.3, 0.4) is 0 Å². The van der Waals surface area contributed by atoms with Gasteiger partial charge >= 0.3 is 5.97 Å². The number of nitrogens with two attached hydrogens (primary N) is 2. The smallest absolute Gasteiger partial charge is 0.305 e. The molecule has 0 heterocycles. The zero-order valence-corrected chi connectivity index (χ0v) is 19.3. The maximum atomic E-state index is 12.3. The zero-order chi connectivity index (χ0) is 23.2. The summed E-state index contributed by atoms with van der Waals surface area (Å²) in [4.78, 5) is 23.3. The summed E-state index contributed by atoms with van der Waals surface area (Å²) in [5, 5.41) is 2.86. The minimum absolute atomic E-state index is 0.185. The quantitative estimate of drug-likeness (QED) is 0.346. The molecule has 0 unspecified atom stereocenters. The Kier molecular flexibility index (Phi) is 21.3. The molecule has 0 fully saturated rings. The fraction of sp³-hybridized carbons (Fsp3) is 0.636. The van der Waals surface area contributed by atoms with E-state index in [1.54, 1.807) is 25.3 Å². The normalized spacial score (nSPS) is 9.30. The fourth-order valence-electron chi connectivity index (χ4n) is 2.15. The number of amides is 1. The van der Waals surface area contributed by atoms with Crippen molar-refractivity contribution in [1.29, 1.82) is 0 Å². The van der Waals surface area contributed by atoms with E-state index in [2.05, 4.69) is 29.6 Å². The van der Waals surface area contributed by atoms with Gasteiger partial charge in [0.1, 0.15) is 11.5 Å². The Morgan fingerprint density at radius 2 is 1.60 bits per heavy atom. The van der Waals surface area contributed by atoms with Crippen LogP contribution in [0.2, 0.25) is 0 Å². The van der Waals surface area contributed by atoms with Crippen LogP contribution in [0.25, 0.3) is 0 Å². The van der Waals surface area contributed by atoms with Crippen LogP contribution < -0.4 is 26.3 Å². The van der Waals surface area contributed by atoms with Crippen molar-refractivity contribution in [1.82, 2.24) is 5.32 Å². The number of hydrogen-bond acceptors (Lipinski definition) is 7. The summed E-state index contributed by atoms with van der Waals surface area (Å²) in [5.41, 5.74) is 10.4. The lowest BCUT2D eigenvalue weighted by atomic mass is 10.1. The molecule has 0 aromatic heterocycles. The molecule has 8 nitrogen and oxygen atoms in total. The van der Waals surface area contributed by atoms with Gasteiger partial charge < -0.3 is 31.0 Å². The number of unbranched alkanes of at least 4 members (excludes halogenated alkanes) is 2. The Hall–Kier alpha value is -2.32. The predicted molar refractivity (Wildman–Crippen MR) is 121 cm³/mol. The molecule has 1 aromatic rings. The molecule has 0 aliphatic rings. The van der Waals surface area contributed by atoms with Gasteiger partial charge in [0.2, 0.25) is 0 Å². The molecule has 8 heteroatoms. The van der Waals surface area contributed by atoms with Gasteiger partial charge in [-0.15, -0.1) is 0 Å². The van der Waals surface area contributed by atoms with Crippen molar-refractivity contribution in [2.75, 3.05) is 41.0 Å². The topological polar surface area (TPSA) is 126 Å². The van der Waals surface area contributed by atoms with Crippen LogP contribution >= 0.6 is 0 Å². The molecule has 1 rings (SSSR count). The number of rotatable bonds is 12. The van der Waals surface area contributed by atoms with Gasteiger partial charge in [-0.05, 0) is 45.0 Å². The minimum atomic E-state index is -0.206. The summed E-state index contributed by atoms with van der Waals surface area (Å²) in [5.74, 6) is 0.752. The number of nitrogens with one attached hydrogen (secondary N) is 1. The number of benzene rings is 1. The molecule has 0 saturated heterocycles. The maximum Gasteiger partial charge on any atom is 0.305 e. The van der Waals surface area contributed by atoms with Crippen LogP contribution in [0.5, 0.6) is 11.5 Å². The van der Waals surface area contributed by atoms with E-state index in [9.17, 15) is 9.59 Å². The third kappa shape index (κ3) is 15.6. The van der Waals surface area contributed by atoms with Crippen LogP contribution in [0.1, 0.15) is 62.7 Å². The van der Waals surface area contributed by atoms with Gasteiger partial charge in [-0.2, -0.15) is 0 Å². The van der Waals surface area contributed by atoms with Gasteiger partial charge in [0, 0.05) is 24.6 Å². The van der Waals surface area contributed by atoms with Gasteiger partial charge in [0.25, 0.3) is 5.91 Å². The van der Waals surface area contributed by atoms with Crippen LogP contribution in [-0.2, 0) is 9.53 Å². The van der Waals surface area contributed by atoms with E-state index < -0.39 is 0 Å². The molecule has 1 amide bonds. The second-order valence-electron chi connectivity index (χ2n) is 6.24. The first-order valence-electron chi connectivity index (χ1n) is 10.5. The van der Waals surface area contributed by atoms with E-state index in [0.717, 1.165) is 25.7 Å².